The molecule has 0 saturated heterocycles. The van der Waals surface area contributed by atoms with Crippen LogP contribution in [0.2, 0.25) is 0 Å². The molecular formula is C20H16FN3O5. The lowest BCUT2D eigenvalue weighted by Gasteiger charge is -2.14. The minimum absolute atomic E-state index is 0.0345. The van der Waals surface area contributed by atoms with Crippen molar-refractivity contribution in [2.45, 2.75) is 13.3 Å². The predicted molar refractivity (Wildman–Crippen MR) is 104 cm³/mol. The summed E-state index contributed by atoms with van der Waals surface area (Å²) in [5.41, 5.74) is 1.14. The van der Waals surface area contributed by atoms with Crippen LogP contribution in [0.25, 0.3) is 6.08 Å². The highest BCUT2D eigenvalue weighted by molar-refractivity contribution is 6.15. The number of aliphatic carboxylic acids is 1. The summed E-state index contributed by atoms with van der Waals surface area (Å²) in [6.07, 6.45) is 1.27. The van der Waals surface area contributed by atoms with Crippen LogP contribution < -0.4 is 5.01 Å². The third kappa shape index (κ3) is 4.34. The fourth-order valence-corrected chi connectivity index (χ4v) is 2.93. The van der Waals surface area contributed by atoms with Crippen LogP contribution in [0, 0.1) is 21.8 Å². The van der Waals surface area contributed by atoms with Crippen molar-refractivity contribution in [2.24, 2.45) is 11.0 Å². The lowest BCUT2D eigenvalue weighted by molar-refractivity contribution is -0.384. The number of carboxylic acid groups (broad SMARTS) is 1. The van der Waals surface area contributed by atoms with Crippen LogP contribution in [0.15, 0.2) is 59.2 Å². The van der Waals surface area contributed by atoms with E-state index in [9.17, 15) is 29.2 Å². The van der Waals surface area contributed by atoms with E-state index < -0.39 is 28.5 Å². The van der Waals surface area contributed by atoms with Crippen molar-refractivity contribution in [1.29, 1.82) is 0 Å². The Labute approximate surface area is 164 Å². The summed E-state index contributed by atoms with van der Waals surface area (Å²) in [5.74, 6) is -2.84. The van der Waals surface area contributed by atoms with E-state index >= 15 is 0 Å². The van der Waals surface area contributed by atoms with Crippen LogP contribution in [0.1, 0.15) is 18.9 Å². The molecular weight excluding hydrogens is 381 g/mol. The van der Waals surface area contributed by atoms with Gasteiger partial charge in [-0.2, -0.15) is 5.10 Å². The average molecular weight is 397 g/mol. The Kier molecular flexibility index (Phi) is 5.49. The Morgan fingerprint density at radius 2 is 1.86 bits per heavy atom. The Morgan fingerprint density at radius 1 is 1.24 bits per heavy atom. The Bertz CT molecular complexity index is 1030. The molecule has 1 N–H and O–H groups in total. The van der Waals surface area contributed by atoms with Gasteiger partial charge >= 0.3 is 5.97 Å². The van der Waals surface area contributed by atoms with E-state index in [-0.39, 0.29) is 17.7 Å². The summed E-state index contributed by atoms with van der Waals surface area (Å²) in [6.45, 7) is 1.62. The van der Waals surface area contributed by atoms with Crippen molar-refractivity contribution in [3.05, 3.63) is 75.6 Å². The van der Waals surface area contributed by atoms with Gasteiger partial charge in [-0.05, 0) is 61.4 Å². The summed E-state index contributed by atoms with van der Waals surface area (Å²) in [6, 6.07) is 10.7. The molecule has 1 aliphatic heterocycles. The van der Waals surface area contributed by atoms with Crippen LogP contribution in [0.5, 0.6) is 0 Å². The van der Waals surface area contributed by atoms with Crippen molar-refractivity contribution in [1.82, 2.24) is 0 Å². The van der Waals surface area contributed by atoms with E-state index in [1.54, 1.807) is 6.92 Å². The molecule has 1 amide bonds. The molecule has 1 atom stereocenters. The molecule has 1 aliphatic rings. The predicted octanol–water partition coefficient (Wildman–Crippen LogP) is 3.63. The average Bonchev–Trinajstić information content (AvgIpc) is 2.96. The molecule has 9 heteroatoms. The SMILES string of the molecule is CC1=NN(c2ccc(F)cc2)C(=O)C1CC(=Cc1ccc([N+](=O)[O-])cc1)C(=O)O. The van der Waals surface area contributed by atoms with E-state index in [1.165, 1.54) is 54.6 Å². The number of amides is 1. The zero-order valence-electron chi connectivity index (χ0n) is 15.3. The molecule has 0 radical (unpaired) electrons. The quantitative estimate of drug-likeness (QED) is 0.454. The van der Waals surface area contributed by atoms with Crippen LogP contribution in [0.4, 0.5) is 15.8 Å². The molecule has 0 saturated carbocycles. The van der Waals surface area contributed by atoms with Gasteiger partial charge in [0.25, 0.3) is 11.6 Å². The first-order valence-corrected chi connectivity index (χ1v) is 8.59. The molecule has 0 spiro atoms. The molecule has 8 nitrogen and oxygen atoms in total. The van der Waals surface area contributed by atoms with Crippen molar-refractivity contribution in [3.8, 4) is 0 Å². The molecule has 0 aromatic heterocycles. The maximum Gasteiger partial charge on any atom is 0.331 e. The van der Waals surface area contributed by atoms with Crippen LogP contribution in [-0.4, -0.2) is 27.6 Å². The Hall–Kier alpha value is -3.88. The summed E-state index contributed by atoms with van der Waals surface area (Å²) in [4.78, 5) is 34.6. The van der Waals surface area contributed by atoms with Gasteiger partial charge in [0.2, 0.25) is 0 Å². The number of nitro groups is 1. The van der Waals surface area contributed by atoms with Crippen LogP contribution in [0.3, 0.4) is 0 Å². The van der Waals surface area contributed by atoms with E-state index in [1.807, 2.05) is 0 Å². The summed E-state index contributed by atoms with van der Waals surface area (Å²) < 4.78 is 13.1. The van der Waals surface area contributed by atoms with Gasteiger partial charge in [-0.15, -0.1) is 0 Å². The van der Waals surface area contributed by atoms with Gasteiger partial charge in [0.15, 0.2) is 0 Å². The van der Waals surface area contributed by atoms with Crippen molar-refractivity contribution in [3.63, 3.8) is 0 Å². The zero-order valence-corrected chi connectivity index (χ0v) is 15.3. The number of rotatable bonds is 6. The number of hydrazone groups is 1. The van der Waals surface area contributed by atoms with E-state index in [0.717, 1.165) is 5.01 Å². The molecule has 1 heterocycles. The lowest BCUT2D eigenvalue weighted by atomic mass is 9.94. The van der Waals surface area contributed by atoms with Gasteiger partial charge in [-0.3, -0.25) is 14.9 Å². The van der Waals surface area contributed by atoms with Gasteiger partial charge in [0.05, 0.1) is 16.5 Å². The number of carbonyl (C=O) groups is 2. The molecule has 0 aliphatic carbocycles. The largest absolute Gasteiger partial charge is 0.478 e. The number of non-ortho nitro benzene ring substituents is 1. The molecule has 1 unspecified atom stereocenters. The van der Waals surface area contributed by atoms with E-state index in [0.29, 0.717) is 17.0 Å². The number of hydrogen-bond acceptors (Lipinski definition) is 5. The number of carbonyl (C=O) groups excluding carboxylic acids is 1. The highest BCUT2D eigenvalue weighted by Crippen LogP contribution is 2.28. The summed E-state index contributed by atoms with van der Waals surface area (Å²) >= 11 is 0. The number of halogens is 1. The summed E-state index contributed by atoms with van der Waals surface area (Å²) in [5, 5.41) is 25.6. The maximum atomic E-state index is 13.1. The van der Waals surface area contributed by atoms with E-state index in [2.05, 4.69) is 5.10 Å². The first kappa shape index (κ1) is 19.9. The zero-order chi connectivity index (χ0) is 21.1. The third-order valence-electron chi connectivity index (χ3n) is 4.48. The van der Waals surface area contributed by atoms with Crippen molar-refractivity contribution >= 4 is 35.0 Å². The summed E-state index contributed by atoms with van der Waals surface area (Å²) in [7, 11) is 0. The fourth-order valence-electron chi connectivity index (χ4n) is 2.93. The normalized spacial score (nSPS) is 16.7. The number of benzene rings is 2. The Balaban J connectivity index is 1.82. The van der Waals surface area contributed by atoms with Gasteiger partial charge in [-0.25, -0.2) is 14.2 Å². The number of anilines is 1. The topological polar surface area (TPSA) is 113 Å². The van der Waals surface area contributed by atoms with Crippen LogP contribution in [-0.2, 0) is 9.59 Å². The lowest BCUT2D eigenvalue weighted by Crippen LogP contribution is -2.28. The second kappa shape index (κ2) is 8.01. The van der Waals surface area contributed by atoms with Gasteiger partial charge in [0.1, 0.15) is 5.82 Å². The molecule has 3 rings (SSSR count). The second-order valence-corrected chi connectivity index (χ2v) is 6.45. The Morgan fingerprint density at radius 3 is 2.41 bits per heavy atom. The number of carboxylic acids is 1. The number of nitro benzene ring substituents is 1. The first-order chi connectivity index (χ1) is 13.8. The van der Waals surface area contributed by atoms with Crippen molar-refractivity contribution < 1.29 is 24.0 Å². The standard InChI is InChI=1S/C20H16FN3O5/c1-12-18(19(25)23(22-12)16-8-4-15(21)5-9-16)11-14(20(26)27)10-13-2-6-17(7-3-13)24(28)29/h2-10,18H,11H2,1H3,(H,26,27). The van der Waals surface area contributed by atoms with Gasteiger partial charge < -0.3 is 5.11 Å². The molecule has 0 bridgehead atoms. The van der Waals surface area contributed by atoms with Crippen LogP contribution >= 0.6 is 0 Å². The first-order valence-electron chi connectivity index (χ1n) is 8.59. The fraction of sp³-hybridized carbons (Fsp3) is 0.150. The van der Waals surface area contributed by atoms with E-state index in [4.69, 9.17) is 0 Å². The van der Waals surface area contributed by atoms with Gasteiger partial charge in [0, 0.05) is 23.4 Å². The third-order valence-corrected chi connectivity index (χ3v) is 4.48. The highest BCUT2D eigenvalue weighted by Gasteiger charge is 2.35. The van der Waals surface area contributed by atoms with Crippen molar-refractivity contribution in [2.75, 3.05) is 5.01 Å². The maximum absolute atomic E-state index is 13.1. The monoisotopic (exact) mass is 397 g/mol. The molecule has 2 aromatic rings. The molecule has 148 valence electrons. The van der Waals surface area contributed by atoms with Gasteiger partial charge in [-0.1, -0.05) is 0 Å². The molecule has 0 fully saturated rings. The minimum Gasteiger partial charge on any atom is -0.478 e. The smallest absolute Gasteiger partial charge is 0.331 e. The number of hydrogen-bond donors (Lipinski definition) is 1. The molecule has 2 aromatic carbocycles. The highest BCUT2D eigenvalue weighted by atomic mass is 19.1. The molecule has 29 heavy (non-hydrogen) atoms. The number of nitrogens with zero attached hydrogens (tertiary/aromatic N) is 3. The second-order valence-electron chi connectivity index (χ2n) is 6.45. The minimum atomic E-state index is -1.20.